The third kappa shape index (κ3) is 3.56. The Hall–Kier alpha value is -3.55. The molecule has 3 aromatic rings. The third-order valence-electron chi connectivity index (χ3n) is 5.68. The first-order valence-electron chi connectivity index (χ1n) is 10.1. The van der Waals surface area contributed by atoms with Crippen molar-refractivity contribution >= 4 is 22.8 Å². The highest BCUT2D eigenvalue weighted by molar-refractivity contribution is 5.97. The lowest BCUT2D eigenvalue weighted by atomic mass is 9.96. The van der Waals surface area contributed by atoms with Gasteiger partial charge < -0.3 is 24.7 Å². The minimum atomic E-state index is -0.307. The Morgan fingerprint density at radius 3 is 2.73 bits per heavy atom. The summed E-state index contributed by atoms with van der Waals surface area (Å²) in [5.41, 5.74) is 2.45. The lowest BCUT2D eigenvalue weighted by molar-refractivity contribution is -0.131. The highest BCUT2D eigenvalue weighted by atomic mass is 16.7. The molecule has 2 aromatic carbocycles. The van der Waals surface area contributed by atoms with Crippen molar-refractivity contribution in [1.82, 2.24) is 20.2 Å². The zero-order valence-corrected chi connectivity index (χ0v) is 16.4. The SMILES string of the molecule is O=C(NCC(=O)N1CCC(c2nc3ccccc3[nH]2)CC1)c1ccc2c(c1)OCO2. The fourth-order valence-corrected chi connectivity index (χ4v) is 3.98. The number of nitrogens with zero attached hydrogens (tertiary/aromatic N) is 2. The van der Waals surface area contributed by atoms with Crippen LogP contribution in [0, 0.1) is 0 Å². The first-order chi connectivity index (χ1) is 14.7. The molecule has 0 bridgehead atoms. The molecule has 2 aliphatic heterocycles. The van der Waals surface area contributed by atoms with Crippen molar-refractivity contribution in [2.45, 2.75) is 18.8 Å². The quantitative estimate of drug-likeness (QED) is 0.694. The number of rotatable bonds is 4. The Bertz CT molecular complexity index is 1070. The Balaban J connectivity index is 1.14. The smallest absolute Gasteiger partial charge is 0.251 e. The van der Waals surface area contributed by atoms with E-state index in [0.29, 0.717) is 36.1 Å². The summed E-state index contributed by atoms with van der Waals surface area (Å²) in [7, 11) is 0. The maximum absolute atomic E-state index is 12.5. The van der Waals surface area contributed by atoms with Crippen molar-refractivity contribution in [3.8, 4) is 11.5 Å². The molecule has 5 rings (SSSR count). The number of para-hydroxylation sites is 2. The molecule has 30 heavy (non-hydrogen) atoms. The summed E-state index contributed by atoms with van der Waals surface area (Å²) in [6.07, 6.45) is 1.70. The summed E-state index contributed by atoms with van der Waals surface area (Å²) in [5.74, 6) is 2.08. The van der Waals surface area contributed by atoms with E-state index in [2.05, 4.69) is 15.3 Å². The molecule has 1 saturated heterocycles. The molecule has 0 atom stereocenters. The van der Waals surface area contributed by atoms with Gasteiger partial charge in [0.05, 0.1) is 17.6 Å². The van der Waals surface area contributed by atoms with E-state index in [0.717, 1.165) is 29.7 Å². The highest BCUT2D eigenvalue weighted by Gasteiger charge is 2.26. The van der Waals surface area contributed by atoms with Gasteiger partial charge in [-0.3, -0.25) is 9.59 Å². The molecule has 2 N–H and O–H groups in total. The van der Waals surface area contributed by atoms with E-state index >= 15 is 0 Å². The summed E-state index contributed by atoms with van der Waals surface area (Å²) in [6.45, 7) is 1.44. The fraction of sp³-hybridized carbons (Fsp3) is 0.318. The van der Waals surface area contributed by atoms with Gasteiger partial charge in [-0.1, -0.05) is 12.1 Å². The summed E-state index contributed by atoms with van der Waals surface area (Å²) in [6, 6.07) is 13.0. The third-order valence-corrected chi connectivity index (χ3v) is 5.68. The maximum Gasteiger partial charge on any atom is 0.251 e. The van der Waals surface area contributed by atoms with E-state index in [1.54, 1.807) is 23.1 Å². The first kappa shape index (κ1) is 18.5. The van der Waals surface area contributed by atoms with Crippen LogP contribution in [0.2, 0.25) is 0 Å². The van der Waals surface area contributed by atoms with Crippen molar-refractivity contribution < 1.29 is 19.1 Å². The van der Waals surface area contributed by atoms with Crippen molar-refractivity contribution in [2.75, 3.05) is 26.4 Å². The maximum atomic E-state index is 12.5. The molecule has 1 aromatic heterocycles. The van der Waals surface area contributed by atoms with Gasteiger partial charge in [0.15, 0.2) is 11.5 Å². The number of likely N-dealkylation sites (tertiary alicyclic amines) is 1. The number of aromatic amines is 1. The summed E-state index contributed by atoms with van der Waals surface area (Å²) >= 11 is 0. The molecule has 0 saturated carbocycles. The van der Waals surface area contributed by atoms with Crippen molar-refractivity contribution in [3.05, 3.63) is 53.9 Å². The zero-order chi connectivity index (χ0) is 20.5. The summed E-state index contributed by atoms with van der Waals surface area (Å²) < 4.78 is 10.5. The monoisotopic (exact) mass is 406 g/mol. The number of piperidine rings is 1. The second-order valence-electron chi connectivity index (χ2n) is 7.54. The summed E-state index contributed by atoms with van der Waals surface area (Å²) in [4.78, 5) is 34.8. The number of nitrogens with one attached hydrogen (secondary N) is 2. The van der Waals surface area contributed by atoms with Gasteiger partial charge in [-0.25, -0.2) is 4.98 Å². The largest absolute Gasteiger partial charge is 0.454 e. The molecule has 8 heteroatoms. The molecule has 1 fully saturated rings. The highest BCUT2D eigenvalue weighted by Crippen LogP contribution is 2.32. The number of carbonyl (C=O) groups is 2. The predicted molar refractivity (Wildman–Crippen MR) is 110 cm³/mol. The zero-order valence-electron chi connectivity index (χ0n) is 16.4. The van der Waals surface area contributed by atoms with Crippen LogP contribution in [0.25, 0.3) is 11.0 Å². The number of hydrogen-bond acceptors (Lipinski definition) is 5. The number of ether oxygens (including phenoxy) is 2. The normalized spacial score (nSPS) is 16.1. The minimum Gasteiger partial charge on any atom is -0.454 e. The lowest BCUT2D eigenvalue weighted by Crippen LogP contribution is -2.43. The van der Waals surface area contributed by atoms with Crippen LogP contribution in [-0.2, 0) is 4.79 Å². The van der Waals surface area contributed by atoms with Gasteiger partial charge in [-0.15, -0.1) is 0 Å². The van der Waals surface area contributed by atoms with Crippen molar-refractivity contribution in [1.29, 1.82) is 0 Å². The van der Waals surface area contributed by atoms with Crippen LogP contribution in [0.5, 0.6) is 11.5 Å². The number of fused-ring (bicyclic) bond motifs is 2. The van der Waals surface area contributed by atoms with E-state index in [9.17, 15) is 9.59 Å². The van der Waals surface area contributed by atoms with Crippen LogP contribution in [0.1, 0.15) is 34.9 Å². The van der Waals surface area contributed by atoms with Crippen molar-refractivity contribution in [2.24, 2.45) is 0 Å². The number of benzene rings is 2. The second kappa shape index (κ2) is 7.70. The standard InChI is InChI=1S/C22H22N4O4/c27-20(12-23-22(28)15-5-6-18-19(11-15)30-13-29-18)26-9-7-14(8-10-26)21-24-16-3-1-2-4-17(16)25-21/h1-6,11,14H,7-10,12-13H2,(H,23,28)(H,24,25). The van der Waals surface area contributed by atoms with Gasteiger partial charge in [0, 0.05) is 24.6 Å². The molecule has 2 amide bonds. The van der Waals surface area contributed by atoms with E-state index in [4.69, 9.17) is 9.47 Å². The number of amides is 2. The molecule has 8 nitrogen and oxygen atoms in total. The average molecular weight is 406 g/mol. The van der Waals surface area contributed by atoms with Gasteiger partial charge in [0.2, 0.25) is 12.7 Å². The predicted octanol–water partition coefficient (Wildman–Crippen LogP) is 2.43. The molecule has 3 heterocycles. The molecular weight excluding hydrogens is 384 g/mol. The molecule has 0 unspecified atom stereocenters. The molecule has 0 spiro atoms. The number of carbonyl (C=O) groups excluding carboxylic acids is 2. The van der Waals surface area contributed by atoms with Crippen LogP contribution in [-0.4, -0.2) is 53.1 Å². The molecule has 154 valence electrons. The van der Waals surface area contributed by atoms with E-state index in [1.807, 2.05) is 24.3 Å². The van der Waals surface area contributed by atoms with Crippen LogP contribution in [0.3, 0.4) is 0 Å². The van der Waals surface area contributed by atoms with E-state index < -0.39 is 0 Å². The van der Waals surface area contributed by atoms with Crippen LogP contribution in [0.15, 0.2) is 42.5 Å². The number of hydrogen-bond donors (Lipinski definition) is 2. The second-order valence-corrected chi connectivity index (χ2v) is 7.54. The van der Waals surface area contributed by atoms with Gasteiger partial charge >= 0.3 is 0 Å². The Morgan fingerprint density at radius 2 is 1.90 bits per heavy atom. The molecule has 2 aliphatic rings. The topological polar surface area (TPSA) is 96.6 Å². The van der Waals surface area contributed by atoms with Gasteiger partial charge in [-0.2, -0.15) is 0 Å². The van der Waals surface area contributed by atoms with E-state index in [-0.39, 0.29) is 25.2 Å². The minimum absolute atomic E-state index is 0.0252. The van der Waals surface area contributed by atoms with Crippen LogP contribution in [0.4, 0.5) is 0 Å². The average Bonchev–Trinajstić information content (AvgIpc) is 3.43. The number of H-pyrrole nitrogens is 1. The first-order valence-corrected chi connectivity index (χ1v) is 10.1. The van der Waals surface area contributed by atoms with E-state index in [1.165, 1.54) is 0 Å². The van der Waals surface area contributed by atoms with Gasteiger partial charge in [-0.05, 0) is 43.2 Å². The molecule has 0 radical (unpaired) electrons. The van der Waals surface area contributed by atoms with Crippen LogP contribution >= 0.6 is 0 Å². The Labute approximate surface area is 173 Å². The molecule has 0 aliphatic carbocycles. The summed E-state index contributed by atoms with van der Waals surface area (Å²) in [5, 5.41) is 2.70. The van der Waals surface area contributed by atoms with Crippen LogP contribution < -0.4 is 14.8 Å². The fourth-order valence-electron chi connectivity index (χ4n) is 3.98. The van der Waals surface area contributed by atoms with Gasteiger partial charge in [0.25, 0.3) is 5.91 Å². The number of imidazole rings is 1. The Kier molecular flexibility index (Phi) is 4.74. The van der Waals surface area contributed by atoms with Crippen molar-refractivity contribution in [3.63, 3.8) is 0 Å². The molecular formula is C22H22N4O4. The lowest BCUT2D eigenvalue weighted by Gasteiger charge is -2.31. The van der Waals surface area contributed by atoms with Gasteiger partial charge in [0.1, 0.15) is 5.82 Å². The Morgan fingerprint density at radius 1 is 1.10 bits per heavy atom. The number of aromatic nitrogens is 2.